The van der Waals surface area contributed by atoms with E-state index >= 15 is 0 Å². The molecule has 1 aliphatic heterocycles. The maximum atomic E-state index is 13.3. The highest BCUT2D eigenvalue weighted by atomic mass is 35.5. The third-order valence-corrected chi connectivity index (χ3v) is 6.20. The molecule has 3 rings (SSSR count). The zero-order valence-corrected chi connectivity index (χ0v) is 17.0. The Labute approximate surface area is 163 Å². The number of halogens is 1. The van der Waals surface area contributed by atoms with Gasteiger partial charge in [-0.05, 0) is 56.8 Å². The maximum absolute atomic E-state index is 13.3. The molecule has 1 aromatic carbocycles. The highest BCUT2D eigenvalue weighted by Crippen LogP contribution is 2.45. The lowest BCUT2D eigenvalue weighted by Crippen LogP contribution is -2.42. The van der Waals surface area contributed by atoms with Gasteiger partial charge in [-0.15, -0.1) is 12.4 Å². The molecule has 1 saturated heterocycles. The fraction of sp³-hybridized carbons (Fsp3) is 0.619. The van der Waals surface area contributed by atoms with Crippen LogP contribution in [0.1, 0.15) is 57.6 Å². The Kier molecular flexibility index (Phi) is 6.86. The Morgan fingerprint density at radius 3 is 2.58 bits per heavy atom. The minimum atomic E-state index is -0.593. The van der Waals surface area contributed by atoms with Crippen molar-refractivity contribution in [2.45, 2.75) is 64.3 Å². The zero-order valence-electron chi connectivity index (χ0n) is 16.2. The first-order valence-corrected chi connectivity index (χ1v) is 9.70. The molecule has 0 unspecified atom stereocenters. The van der Waals surface area contributed by atoms with Crippen molar-refractivity contribution in [3.05, 3.63) is 35.4 Å². The molecule has 4 nitrogen and oxygen atoms in total. The average molecular weight is 379 g/mol. The van der Waals surface area contributed by atoms with E-state index in [0.717, 1.165) is 44.3 Å². The zero-order chi connectivity index (χ0) is 18.0. The van der Waals surface area contributed by atoms with Crippen LogP contribution in [0, 0.1) is 0 Å². The molecule has 2 aliphatic rings. The van der Waals surface area contributed by atoms with Crippen molar-refractivity contribution in [1.82, 2.24) is 9.80 Å². The fourth-order valence-electron chi connectivity index (χ4n) is 4.70. The van der Waals surface area contributed by atoms with Crippen LogP contribution >= 0.6 is 12.4 Å². The highest BCUT2D eigenvalue weighted by molar-refractivity contribution is 6.09. The van der Waals surface area contributed by atoms with E-state index < -0.39 is 5.41 Å². The number of imide groups is 1. The second-order valence-electron chi connectivity index (χ2n) is 7.48. The van der Waals surface area contributed by atoms with E-state index in [9.17, 15) is 9.59 Å². The lowest BCUT2D eigenvalue weighted by atomic mass is 9.69. The van der Waals surface area contributed by atoms with Gasteiger partial charge < -0.3 is 4.90 Å². The van der Waals surface area contributed by atoms with Crippen LogP contribution in [-0.4, -0.2) is 47.3 Å². The largest absolute Gasteiger partial charge is 0.301 e. The maximum Gasteiger partial charge on any atom is 0.240 e. The Bertz CT molecular complexity index is 659. The molecular formula is C21H31ClN2O2. The Morgan fingerprint density at radius 2 is 1.88 bits per heavy atom. The molecule has 1 aliphatic carbocycles. The summed E-state index contributed by atoms with van der Waals surface area (Å²) in [6, 6.07) is 8.57. The molecule has 2 amide bonds. The van der Waals surface area contributed by atoms with Gasteiger partial charge >= 0.3 is 0 Å². The number of hydrogen-bond donors (Lipinski definition) is 0. The molecule has 1 aromatic rings. The lowest BCUT2D eigenvalue weighted by molar-refractivity contribution is -0.140. The summed E-state index contributed by atoms with van der Waals surface area (Å²) in [6.45, 7) is 9.02. The summed E-state index contributed by atoms with van der Waals surface area (Å²) in [4.78, 5) is 29.9. The van der Waals surface area contributed by atoms with Crippen LogP contribution in [0.2, 0.25) is 0 Å². The number of likely N-dealkylation sites (tertiary alicyclic amines) is 1. The fourth-order valence-corrected chi connectivity index (χ4v) is 4.70. The molecule has 0 N–H and O–H groups in total. The molecule has 0 saturated carbocycles. The van der Waals surface area contributed by atoms with E-state index in [2.05, 4.69) is 37.8 Å². The molecule has 5 heteroatoms. The molecule has 1 heterocycles. The molecule has 0 bridgehead atoms. The van der Waals surface area contributed by atoms with Gasteiger partial charge in [-0.25, -0.2) is 0 Å². The molecular weight excluding hydrogens is 348 g/mol. The molecule has 2 atom stereocenters. The quantitative estimate of drug-likeness (QED) is 0.710. The molecule has 26 heavy (non-hydrogen) atoms. The van der Waals surface area contributed by atoms with Crippen molar-refractivity contribution in [3.63, 3.8) is 0 Å². The van der Waals surface area contributed by atoms with Crippen molar-refractivity contribution >= 4 is 24.2 Å². The Morgan fingerprint density at radius 1 is 1.19 bits per heavy atom. The van der Waals surface area contributed by atoms with Gasteiger partial charge in [-0.2, -0.15) is 0 Å². The predicted octanol–water partition coefficient (Wildman–Crippen LogP) is 3.56. The predicted molar refractivity (Wildman–Crippen MR) is 107 cm³/mol. The summed E-state index contributed by atoms with van der Waals surface area (Å²) in [5.74, 6) is 0.0462. The number of carbonyl (C=O) groups excluding carboxylic acids is 2. The van der Waals surface area contributed by atoms with Gasteiger partial charge in [0.1, 0.15) is 0 Å². The van der Waals surface area contributed by atoms with Gasteiger partial charge in [0.05, 0.1) is 5.41 Å². The lowest BCUT2D eigenvalue weighted by Gasteiger charge is -2.33. The van der Waals surface area contributed by atoms with Gasteiger partial charge in [0, 0.05) is 19.0 Å². The van der Waals surface area contributed by atoms with Gasteiger partial charge in [-0.3, -0.25) is 14.5 Å². The summed E-state index contributed by atoms with van der Waals surface area (Å²) in [7, 11) is 0. The molecule has 0 radical (unpaired) electrons. The summed E-state index contributed by atoms with van der Waals surface area (Å²) < 4.78 is 0. The van der Waals surface area contributed by atoms with E-state index in [4.69, 9.17) is 0 Å². The number of fused-ring (bicyclic) bond motifs is 2. The summed E-state index contributed by atoms with van der Waals surface area (Å²) in [5.41, 5.74) is 1.75. The van der Waals surface area contributed by atoms with Crippen molar-refractivity contribution in [2.24, 2.45) is 0 Å². The first-order valence-electron chi connectivity index (χ1n) is 9.70. The first-order chi connectivity index (χ1) is 12.0. The van der Waals surface area contributed by atoms with Crippen LogP contribution in [-0.2, 0) is 21.4 Å². The van der Waals surface area contributed by atoms with Gasteiger partial charge in [0.25, 0.3) is 0 Å². The van der Waals surface area contributed by atoms with E-state index in [1.807, 2.05) is 12.1 Å². The van der Waals surface area contributed by atoms with Crippen LogP contribution < -0.4 is 0 Å². The second-order valence-corrected chi connectivity index (χ2v) is 7.48. The van der Waals surface area contributed by atoms with Crippen LogP contribution in [0.5, 0.6) is 0 Å². The van der Waals surface area contributed by atoms with Crippen LogP contribution in [0.25, 0.3) is 0 Å². The van der Waals surface area contributed by atoms with Crippen molar-refractivity contribution < 1.29 is 9.59 Å². The summed E-state index contributed by atoms with van der Waals surface area (Å²) >= 11 is 0. The van der Waals surface area contributed by atoms with Gasteiger partial charge in [0.2, 0.25) is 11.8 Å². The minimum absolute atomic E-state index is 0. The molecule has 1 spiro atoms. The molecule has 0 aromatic heterocycles. The van der Waals surface area contributed by atoms with Crippen molar-refractivity contribution in [2.75, 3.05) is 19.6 Å². The van der Waals surface area contributed by atoms with Gasteiger partial charge in [0.15, 0.2) is 0 Å². The Hall–Kier alpha value is -1.39. The SMILES string of the molecule is CCN(CC)[C@@H](C)CCN1C(=O)C[C@]2(CCCc3ccccc32)C1=O.Cl. The number of hydrogen-bond acceptors (Lipinski definition) is 3. The van der Waals surface area contributed by atoms with Crippen molar-refractivity contribution in [1.29, 1.82) is 0 Å². The third-order valence-electron chi connectivity index (χ3n) is 6.20. The van der Waals surface area contributed by atoms with Crippen LogP contribution in [0.15, 0.2) is 24.3 Å². The Balaban J connectivity index is 0.00000243. The monoisotopic (exact) mass is 378 g/mol. The number of rotatable bonds is 6. The smallest absolute Gasteiger partial charge is 0.240 e. The normalized spacial score (nSPS) is 23.3. The van der Waals surface area contributed by atoms with Gasteiger partial charge in [-0.1, -0.05) is 38.1 Å². The summed E-state index contributed by atoms with van der Waals surface area (Å²) in [5, 5.41) is 0. The highest BCUT2D eigenvalue weighted by Gasteiger charge is 2.53. The number of benzene rings is 1. The number of carbonyl (C=O) groups is 2. The van der Waals surface area contributed by atoms with E-state index in [1.165, 1.54) is 5.56 Å². The van der Waals surface area contributed by atoms with E-state index in [-0.39, 0.29) is 24.2 Å². The third kappa shape index (κ3) is 3.54. The molecule has 1 fully saturated rings. The number of nitrogens with zero attached hydrogens (tertiary/aromatic N) is 2. The average Bonchev–Trinajstić information content (AvgIpc) is 2.85. The van der Waals surface area contributed by atoms with E-state index in [1.54, 1.807) is 4.90 Å². The number of amides is 2. The van der Waals surface area contributed by atoms with Crippen molar-refractivity contribution in [3.8, 4) is 0 Å². The second kappa shape index (κ2) is 8.53. The topological polar surface area (TPSA) is 40.6 Å². The van der Waals surface area contributed by atoms with Crippen LogP contribution in [0.3, 0.4) is 0 Å². The molecule has 144 valence electrons. The van der Waals surface area contributed by atoms with E-state index in [0.29, 0.717) is 19.0 Å². The van der Waals surface area contributed by atoms with Crippen LogP contribution in [0.4, 0.5) is 0 Å². The first kappa shape index (κ1) is 20.9. The standard InChI is InChI=1S/C21H30N2O2.ClH/c1-4-22(5-2)16(3)12-14-23-19(24)15-21(20(23)25)13-8-10-17-9-6-7-11-18(17)21;/h6-7,9,11,16H,4-5,8,10,12-15H2,1-3H3;1H/t16-,21-;/m0./s1. The number of aryl methyl sites for hydroxylation is 1. The summed E-state index contributed by atoms with van der Waals surface area (Å²) in [6.07, 6.45) is 3.99. The minimum Gasteiger partial charge on any atom is -0.301 e.